The Bertz CT molecular complexity index is 612. The van der Waals surface area contributed by atoms with Crippen molar-refractivity contribution in [2.24, 2.45) is 0 Å². The molecule has 0 N–H and O–H groups in total. The summed E-state index contributed by atoms with van der Waals surface area (Å²) in [6, 6.07) is 7.03. The lowest BCUT2D eigenvalue weighted by Gasteiger charge is -2.33. The molecule has 0 saturated carbocycles. The molecule has 1 aliphatic rings. The van der Waals surface area contributed by atoms with Gasteiger partial charge in [-0.25, -0.2) is 4.98 Å². The van der Waals surface area contributed by atoms with Gasteiger partial charge in [0.2, 0.25) is 0 Å². The molecule has 0 spiro atoms. The summed E-state index contributed by atoms with van der Waals surface area (Å²) in [5.41, 5.74) is 3.61. The highest BCUT2D eigenvalue weighted by atomic mass is 35.5. The SMILES string of the molecule is CCCN1CCC(n2c(CCl)nc3ccc(C)cc32)CC1. The molecule has 1 saturated heterocycles. The normalized spacial score (nSPS) is 17.7. The minimum atomic E-state index is 0.489. The highest BCUT2D eigenvalue weighted by Gasteiger charge is 2.23. The first-order valence-corrected chi connectivity index (χ1v) is 8.52. The third-order valence-corrected chi connectivity index (χ3v) is 4.74. The molecule has 21 heavy (non-hydrogen) atoms. The minimum Gasteiger partial charge on any atom is -0.324 e. The quantitative estimate of drug-likeness (QED) is 0.792. The Hall–Kier alpha value is -1.06. The second-order valence-corrected chi connectivity index (χ2v) is 6.36. The Morgan fingerprint density at radius 1 is 1.29 bits per heavy atom. The number of fused-ring (bicyclic) bond motifs is 1. The number of imidazole rings is 1. The van der Waals surface area contributed by atoms with Crippen molar-refractivity contribution in [3.63, 3.8) is 0 Å². The first-order chi connectivity index (χ1) is 10.2. The van der Waals surface area contributed by atoms with Crippen LogP contribution >= 0.6 is 11.6 Å². The van der Waals surface area contributed by atoms with Crippen molar-refractivity contribution >= 4 is 22.6 Å². The maximum absolute atomic E-state index is 6.15. The topological polar surface area (TPSA) is 21.1 Å². The molecular formula is C17H24ClN3. The summed E-state index contributed by atoms with van der Waals surface area (Å²) >= 11 is 6.15. The van der Waals surface area contributed by atoms with E-state index in [-0.39, 0.29) is 0 Å². The highest BCUT2D eigenvalue weighted by molar-refractivity contribution is 6.16. The number of rotatable bonds is 4. The van der Waals surface area contributed by atoms with E-state index in [0.717, 1.165) is 11.3 Å². The number of nitrogens with zero attached hydrogens (tertiary/aromatic N) is 3. The van der Waals surface area contributed by atoms with Crippen LogP contribution in [0.25, 0.3) is 11.0 Å². The number of hydrogen-bond donors (Lipinski definition) is 0. The van der Waals surface area contributed by atoms with E-state index >= 15 is 0 Å². The van der Waals surface area contributed by atoms with Crippen molar-refractivity contribution in [3.05, 3.63) is 29.6 Å². The lowest BCUT2D eigenvalue weighted by atomic mass is 10.0. The van der Waals surface area contributed by atoms with Gasteiger partial charge < -0.3 is 9.47 Å². The molecule has 1 aliphatic heterocycles. The van der Waals surface area contributed by atoms with Gasteiger partial charge in [-0.15, -0.1) is 11.6 Å². The molecule has 114 valence electrons. The van der Waals surface area contributed by atoms with E-state index < -0.39 is 0 Å². The second-order valence-electron chi connectivity index (χ2n) is 6.10. The molecule has 0 atom stereocenters. The fourth-order valence-corrected chi connectivity index (χ4v) is 3.66. The molecule has 4 heteroatoms. The summed E-state index contributed by atoms with van der Waals surface area (Å²) in [6.07, 6.45) is 3.64. The van der Waals surface area contributed by atoms with Gasteiger partial charge in [0.15, 0.2) is 0 Å². The van der Waals surface area contributed by atoms with Gasteiger partial charge in [-0.2, -0.15) is 0 Å². The molecule has 1 aromatic heterocycles. The fourth-order valence-electron chi connectivity index (χ4n) is 3.47. The van der Waals surface area contributed by atoms with E-state index in [1.807, 2.05) is 0 Å². The first-order valence-electron chi connectivity index (χ1n) is 7.98. The minimum absolute atomic E-state index is 0.489. The molecule has 0 bridgehead atoms. The van der Waals surface area contributed by atoms with Crippen LogP contribution in [0, 0.1) is 6.92 Å². The summed E-state index contributed by atoms with van der Waals surface area (Å²) in [6.45, 7) is 7.99. The number of aryl methyl sites for hydroxylation is 1. The van der Waals surface area contributed by atoms with Gasteiger partial charge in [-0.1, -0.05) is 13.0 Å². The molecule has 3 rings (SSSR count). The predicted molar refractivity (Wildman–Crippen MR) is 89.0 cm³/mol. The number of aromatic nitrogens is 2. The Morgan fingerprint density at radius 3 is 2.71 bits per heavy atom. The highest BCUT2D eigenvalue weighted by Crippen LogP contribution is 2.30. The molecule has 2 heterocycles. The predicted octanol–water partition coefficient (Wildman–Crippen LogP) is 4.13. The van der Waals surface area contributed by atoms with Gasteiger partial charge in [-0.05, 0) is 50.4 Å². The third kappa shape index (κ3) is 2.95. The molecule has 3 nitrogen and oxygen atoms in total. The van der Waals surface area contributed by atoms with Gasteiger partial charge in [0, 0.05) is 19.1 Å². The average Bonchev–Trinajstić information content (AvgIpc) is 2.86. The third-order valence-electron chi connectivity index (χ3n) is 4.50. The van der Waals surface area contributed by atoms with E-state index in [4.69, 9.17) is 16.6 Å². The molecule has 1 fully saturated rings. The zero-order valence-electron chi connectivity index (χ0n) is 13.0. The maximum Gasteiger partial charge on any atom is 0.125 e. The maximum atomic E-state index is 6.15. The van der Waals surface area contributed by atoms with Crippen LogP contribution in [0.4, 0.5) is 0 Å². The van der Waals surface area contributed by atoms with Crippen molar-refractivity contribution < 1.29 is 0 Å². The summed E-state index contributed by atoms with van der Waals surface area (Å²) in [5, 5.41) is 0. The number of likely N-dealkylation sites (tertiary alicyclic amines) is 1. The van der Waals surface area contributed by atoms with Crippen molar-refractivity contribution in [3.8, 4) is 0 Å². The Labute approximate surface area is 131 Å². The second kappa shape index (κ2) is 6.37. The van der Waals surface area contributed by atoms with Crippen molar-refractivity contribution in [2.45, 2.75) is 45.0 Å². The van der Waals surface area contributed by atoms with Crippen LogP contribution in [0.5, 0.6) is 0 Å². The fraction of sp³-hybridized carbons (Fsp3) is 0.588. The van der Waals surface area contributed by atoms with Crippen molar-refractivity contribution in [2.75, 3.05) is 19.6 Å². The van der Waals surface area contributed by atoms with E-state index in [1.165, 1.54) is 50.0 Å². The van der Waals surface area contributed by atoms with Crippen molar-refractivity contribution in [1.82, 2.24) is 14.5 Å². The molecule has 0 aliphatic carbocycles. The lowest BCUT2D eigenvalue weighted by Crippen LogP contribution is -2.35. The van der Waals surface area contributed by atoms with Gasteiger partial charge in [0.05, 0.1) is 16.9 Å². The molecule has 0 unspecified atom stereocenters. The molecular weight excluding hydrogens is 282 g/mol. The summed E-state index contributed by atoms with van der Waals surface area (Å²) in [4.78, 5) is 7.29. The number of halogens is 1. The van der Waals surface area contributed by atoms with Crippen molar-refractivity contribution in [1.29, 1.82) is 0 Å². The Kier molecular flexibility index (Phi) is 4.51. The van der Waals surface area contributed by atoms with E-state index in [2.05, 4.69) is 41.5 Å². The van der Waals surface area contributed by atoms with Crippen LogP contribution in [-0.4, -0.2) is 34.1 Å². The number of alkyl halides is 1. The smallest absolute Gasteiger partial charge is 0.125 e. The molecule has 1 aromatic carbocycles. The standard InChI is InChI=1S/C17H24ClN3/c1-3-8-20-9-6-14(7-10-20)21-16-11-13(2)4-5-15(16)19-17(21)12-18/h4-5,11,14H,3,6-10,12H2,1-2H3. The zero-order valence-corrected chi connectivity index (χ0v) is 13.7. The number of benzene rings is 1. The van der Waals surface area contributed by atoms with Crippen LogP contribution in [0.2, 0.25) is 0 Å². The molecule has 0 amide bonds. The van der Waals surface area contributed by atoms with E-state index in [9.17, 15) is 0 Å². The number of piperidine rings is 1. The molecule has 0 radical (unpaired) electrons. The van der Waals surface area contributed by atoms with Gasteiger partial charge in [-0.3, -0.25) is 0 Å². The van der Waals surface area contributed by atoms with E-state index in [0.29, 0.717) is 11.9 Å². The number of hydrogen-bond acceptors (Lipinski definition) is 2. The van der Waals surface area contributed by atoms with Crippen LogP contribution in [0.15, 0.2) is 18.2 Å². The van der Waals surface area contributed by atoms with Crippen LogP contribution in [0.1, 0.15) is 43.6 Å². The van der Waals surface area contributed by atoms with Crippen LogP contribution in [0.3, 0.4) is 0 Å². The monoisotopic (exact) mass is 305 g/mol. The Balaban J connectivity index is 1.91. The first kappa shape index (κ1) is 14.9. The average molecular weight is 306 g/mol. The van der Waals surface area contributed by atoms with E-state index in [1.54, 1.807) is 0 Å². The van der Waals surface area contributed by atoms with Gasteiger partial charge >= 0.3 is 0 Å². The van der Waals surface area contributed by atoms with Gasteiger partial charge in [0.25, 0.3) is 0 Å². The summed E-state index contributed by atoms with van der Waals surface area (Å²) in [5.74, 6) is 1.51. The summed E-state index contributed by atoms with van der Waals surface area (Å²) < 4.78 is 2.40. The lowest BCUT2D eigenvalue weighted by molar-refractivity contribution is 0.187. The van der Waals surface area contributed by atoms with Crippen LogP contribution < -0.4 is 0 Å². The van der Waals surface area contributed by atoms with Gasteiger partial charge in [0.1, 0.15) is 5.82 Å². The zero-order chi connectivity index (χ0) is 14.8. The largest absolute Gasteiger partial charge is 0.324 e. The molecule has 2 aromatic rings. The van der Waals surface area contributed by atoms with Crippen LogP contribution in [-0.2, 0) is 5.88 Å². The Morgan fingerprint density at radius 2 is 2.05 bits per heavy atom. The summed E-state index contributed by atoms with van der Waals surface area (Å²) in [7, 11) is 0.